The average Bonchev–Trinajstić information content (AvgIpc) is 2.38. The minimum absolute atomic E-state index is 0.0495. The molecule has 0 bridgehead atoms. The summed E-state index contributed by atoms with van der Waals surface area (Å²) in [6.45, 7) is 1.63. The molecule has 1 N–H and O–H groups in total. The predicted octanol–water partition coefficient (Wildman–Crippen LogP) is 3.41. The van der Waals surface area contributed by atoms with Crippen LogP contribution in [0.1, 0.15) is 15.9 Å². The second-order valence-electron chi connectivity index (χ2n) is 4.23. The molecule has 2 rings (SSSR count). The van der Waals surface area contributed by atoms with Crippen molar-refractivity contribution >= 4 is 11.7 Å². The fraction of sp³-hybridized carbons (Fsp3) is 0.0714. The molecule has 0 heterocycles. The third-order valence-corrected chi connectivity index (χ3v) is 2.94. The zero-order valence-corrected chi connectivity index (χ0v) is 10.5. The Balaban J connectivity index is 2.69. The first-order valence-corrected chi connectivity index (χ1v) is 5.69. The molecule has 0 saturated heterocycles. The largest absolute Gasteiger partial charge is 0.478 e. The minimum Gasteiger partial charge on any atom is -0.478 e. The van der Waals surface area contributed by atoms with Crippen LogP contribution in [0.15, 0.2) is 36.4 Å². The Morgan fingerprint density at radius 3 is 2.60 bits per heavy atom. The summed E-state index contributed by atoms with van der Waals surface area (Å²) in [5.74, 6) is -2.09. The van der Waals surface area contributed by atoms with Gasteiger partial charge in [0, 0.05) is 6.07 Å². The Kier molecular flexibility index (Phi) is 3.47. The highest BCUT2D eigenvalue weighted by Gasteiger charge is 2.19. The molecule has 0 amide bonds. The Labute approximate surface area is 113 Å². The van der Waals surface area contributed by atoms with Gasteiger partial charge in [-0.25, -0.2) is 4.79 Å². The van der Waals surface area contributed by atoms with Gasteiger partial charge in [0.2, 0.25) is 5.82 Å². The van der Waals surface area contributed by atoms with E-state index >= 15 is 0 Å². The molecule has 0 unspecified atom stereocenters. The van der Waals surface area contributed by atoms with Gasteiger partial charge in [-0.2, -0.15) is 4.39 Å². The van der Waals surface area contributed by atoms with Crippen molar-refractivity contribution in [2.75, 3.05) is 0 Å². The van der Waals surface area contributed by atoms with E-state index < -0.39 is 22.4 Å². The van der Waals surface area contributed by atoms with E-state index in [1.54, 1.807) is 19.1 Å². The van der Waals surface area contributed by atoms with Crippen molar-refractivity contribution in [1.82, 2.24) is 0 Å². The van der Waals surface area contributed by atoms with Crippen LogP contribution in [0.3, 0.4) is 0 Å². The van der Waals surface area contributed by atoms with E-state index in [-0.39, 0.29) is 5.56 Å². The third kappa shape index (κ3) is 2.35. The lowest BCUT2D eigenvalue weighted by atomic mass is 9.95. The molecule has 0 fully saturated rings. The maximum absolute atomic E-state index is 13.3. The van der Waals surface area contributed by atoms with Crippen molar-refractivity contribution in [3.8, 4) is 11.1 Å². The summed E-state index contributed by atoms with van der Waals surface area (Å²) in [4.78, 5) is 21.2. The van der Waals surface area contributed by atoms with Crippen molar-refractivity contribution in [3.05, 3.63) is 63.5 Å². The summed E-state index contributed by atoms with van der Waals surface area (Å²) in [5, 5.41) is 20.0. The molecular formula is C14H10FNO4. The Morgan fingerprint density at radius 2 is 2.00 bits per heavy atom. The summed E-state index contributed by atoms with van der Waals surface area (Å²) in [5.41, 5.74) is 0.510. The van der Waals surface area contributed by atoms with Crippen LogP contribution in [0, 0.1) is 22.9 Å². The summed E-state index contributed by atoms with van der Waals surface area (Å²) in [6.07, 6.45) is 0. The van der Waals surface area contributed by atoms with Crippen LogP contribution in [0.2, 0.25) is 0 Å². The van der Waals surface area contributed by atoms with Gasteiger partial charge in [0.1, 0.15) is 0 Å². The molecule has 20 heavy (non-hydrogen) atoms. The number of aryl methyl sites for hydroxylation is 1. The van der Waals surface area contributed by atoms with Crippen LogP contribution >= 0.6 is 0 Å². The number of benzene rings is 2. The van der Waals surface area contributed by atoms with Crippen molar-refractivity contribution < 1.29 is 19.2 Å². The van der Waals surface area contributed by atoms with Gasteiger partial charge in [-0.15, -0.1) is 0 Å². The van der Waals surface area contributed by atoms with E-state index in [0.717, 1.165) is 12.1 Å². The maximum atomic E-state index is 13.3. The summed E-state index contributed by atoms with van der Waals surface area (Å²) in [6, 6.07) is 8.13. The predicted molar refractivity (Wildman–Crippen MR) is 70.2 cm³/mol. The van der Waals surface area contributed by atoms with E-state index in [4.69, 9.17) is 0 Å². The van der Waals surface area contributed by atoms with Crippen LogP contribution in [-0.4, -0.2) is 16.0 Å². The number of nitrogens with zero attached hydrogens (tertiary/aromatic N) is 1. The zero-order chi connectivity index (χ0) is 14.9. The quantitative estimate of drug-likeness (QED) is 0.687. The molecular weight excluding hydrogens is 265 g/mol. The second-order valence-corrected chi connectivity index (χ2v) is 4.23. The standard InChI is InChI=1S/C14H10FNO4/c1-8-3-2-4-10(13(8)14(17)18)9-5-6-11(15)12(7-9)16(19)20/h2-7H,1H3,(H,17,18). The first-order valence-electron chi connectivity index (χ1n) is 5.69. The highest BCUT2D eigenvalue weighted by Crippen LogP contribution is 2.30. The molecule has 5 nitrogen and oxygen atoms in total. The smallest absolute Gasteiger partial charge is 0.336 e. The van der Waals surface area contributed by atoms with Crippen molar-refractivity contribution in [2.24, 2.45) is 0 Å². The van der Waals surface area contributed by atoms with Crippen LogP contribution in [0.5, 0.6) is 0 Å². The van der Waals surface area contributed by atoms with Gasteiger partial charge in [-0.3, -0.25) is 10.1 Å². The number of carboxylic acid groups (broad SMARTS) is 1. The molecule has 2 aromatic rings. The normalized spacial score (nSPS) is 10.3. The van der Waals surface area contributed by atoms with Gasteiger partial charge in [0.25, 0.3) is 0 Å². The minimum atomic E-state index is -1.13. The van der Waals surface area contributed by atoms with Crippen LogP contribution in [0.25, 0.3) is 11.1 Å². The summed E-state index contributed by atoms with van der Waals surface area (Å²) >= 11 is 0. The number of carbonyl (C=O) groups is 1. The number of nitro benzene ring substituents is 1. The van der Waals surface area contributed by atoms with Gasteiger partial charge in [0.15, 0.2) is 0 Å². The van der Waals surface area contributed by atoms with Crippen LogP contribution in [-0.2, 0) is 0 Å². The molecule has 0 aromatic heterocycles. The monoisotopic (exact) mass is 275 g/mol. The van der Waals surface area contributed by atoms with E-state index in [0.29, 0.717) is 16.7 Å². The number of hydrogen-bond acceptors (Lipinski definition) is 3. The third-order valence-electron chi connectivity index (χ3n) is 2.94. The number of hydrogen-bond donors (Lipinski definition) is 1. The van der Waals surface area contributed by atoms with Crippen molar-refractivity contribution in [2.45, 2.75) is 6.92 Å². The molecule has 0 aliphatic rings. The van der Waals surface area contributed by atoms with E-state index in [2.05, 4.69) is 0 Å². The van der Waals surface area contributed by atoms with Gasteiger partial charge >= 0.3 is 11.7 Å². The molecule has 102 valence electrons. The Hall–Kier alpha value is -2.76. The van der Waals surface area contributed by atoms with Crippen molar-refractivity contribution in [3.63, 3.8) is 0 Å². The topological polar surface area (TPSA) is 80.4 Å². The molecule has 0 spiro atoms. The number of nitro groups is 1. The summed E-state index contributed by atoms with van der Waals surface area (Å²) in [7, 11) is 0. The Bertz CT molecular complexity index is 712. The molecule has 6 heteroatoms. The first-order chi connectivity index (χ1) is 9.41. The lowest BCUT2D eigenvalue weighted by Crippen LogP contribution is -2.03. The van der Waals surface area contributed by atoms with Crippen LogP contribution in [0.4, 0.5) is 10.1 Å². The van der Waals surface area contributed by atoms with E-state index in [1.807, 2.05) is 0 Å². The fourth-order valence-electron chi connectivity index (χ4n) is 2.01. The van der Waals surface area contributed by atoms with Crippen molar-refractivity contribution in [1.29, 1.82) is 0 Å². The van der Waals surface area contributed by atoms with Gasteiger partial charge in [0.05, 0.1) is 10.5 Å². The lowest BCUT2D eigenvalue weighted by molar-refractivity contribution is -0.387. The maximum Gasteiger partial charge on any atom is 0.336 e. The molecule has 2 aromatic carbocycles. The molecule has 0 atom stereocenters. The average molecular weight is 275 g/mol. The lowest BCUT2D eigenvalue weighted by Gasteiger charge is -2.09. The number of halogens is 1. The van der Waals surface area contributed by atoms with Crippen LogP contribution < -0.4 is 0 Å². The summed E-state index contributed by atoms with van der Waals surface area (Å²) < 4.78 is 13.3. The van der Waals surface area contributed by atoms with E-state index in [9.17, 15) is 24.4 Å². The van der Waals surface area contributed by atoms with Gasteiger partial charge < -0.3 is 5.11 Å². The highest BCUT2D eigenvalue weighted by atomic mass is 19.1. The number of rotatable bonds is 3. The van der Waals surface area contributed by atoms with E-state index in [1.165, 1.54) is 12.1 Å². The SMILES string of the molecule is Cc1cccc(-c2ccc(F)c([N+](=O)[O-])c2)c1C(=O)O. The first kappa shape index (κ1) is 13.7. The second kappa shape index (κ2) is 5.08. The zero-order valence-electron chi connectivity index (χ0n) is 10.5. The van der Waals surface area contributed by atoms with Gasteiger partial charge in [-0.1, -0.05) is 24.3 Å². The number of carboxylic acids is 1. The molecule has 0 aliphatic carbocycles. The molecule has 0 aliphatic heterocycles. The molecule has 0 saturated carbocycles. The molecule has 0 radical (unpaired) electrons. The Morgan fingerprint density at radius 1 is 1.30 bits per heavy atom. The highest BCUT2D eigenvalue weighted by molar-refractivity contribution is 5.97. The fourth-order valence-corrected chi connectivity index (χ4v) is 2.01. The number of aromatic carboxylic acids is 1. The van der Waals surface area contributed by atoms with Gasteiger partial charge in [-0.05, 0) is 29.7 Å².